The van der Waals surface area contributed by atoms with E-state index in [-0.39, 0.29) is 4.90 Å². The molecule has 1 aromatic rings. The molecule has 0 aromatic carbocycles. The largest absolute Gasteiger partial charge is 0.383 e. The van der Waals surface area contributed by atoms with E-state index in [1.807, 2.05) is 19.0 Å². The Balaban J connectivity index is 2.66. The molecule has 0 atom stereocenters. The van der Waals surface area contributed by atoms with Crippen molar-refractivity contribution in [2.24, 2.45) is 0 Å². The third kappa shape index (κ3) is 4.25. The van der Waals surface area contributed by atoms with Crippen LogP contribution in [0.3, 0.4) is 0 Å². The van der Waals surface area contributed by atoms with E-state index in [9.17, 15) is 8.42 Å². The highest BCUT2D eigenvalue weighted by Crippen LogP contribution is 2.13. The van der Waals surface area contributed by atoms with Crippen LogP contribution in [0.5, 0.6) is 0 Å². The number of aryl methyl sites for hydroxylation is 1. The van der Waals surface area contributed by atoms with Crippen LogP contribution in [0.4, 0.5) is 5.82 Å². The fraction of sp³-hybridized carbons (Fsp3) is 0.545. The molecule has 0 aliphatic heterocycles. The first-order valence-corrected chi connectivity index (χ1v) is 7.18. The minimum absolute atomic E-state index is 0.152. The normalized spacial score (nSPS) is 12.0. The second-order valence-electron chi connectivity index (χ2n) is 4.43. The van der Waals surface area contributed by atoms with Gasteiger partial charge in [-0.15, -0.1) is 0 Å². The van der Waals surface area contributed by atoms with Gasteiger partial charge >= 0.3 is 0 Å². The zero-order valence-corrected chi connectivity index (χ0v) is 11.8. The molecule has 0 amide bonds. The molecule has 18 heavy (non-hydrogen) atoms. The van der Waals surface area contributed by atoms with Crippen molar-refractivity contribution in [3.8, 4) is 0 Å². The molecular weight excluding hydrogens is 252 g/mol. The molecule has 0 spiro atoms. The summed E-state index contributed by atoms with van der Waals surface area (Å²) < 4.78 is 26.4. The zero-order chi connectivity index (χ0) is 13.8. The monoisotopic (exact) mass is 272 g/mol. The minimum Gasteiger partial charge on any atom is -0.383 e. The van der Waals surface area contributed by atoms with Crippen LogP contribution in [0.25, 0.3) is 0 Å². The minimum atomic E-state index is -3.48. The lowest BCUT2D eigenvalue weighted by atomic mass is 10.3. The van der Waals surface area contributed by atoms with Gasteiger partial charge in [0.2, 0.25) is 10.0 Å². The highest BCUT2D eigenvalue weighted by Gasteiger charge is 2.14. The third-order valence-electron chi connectivity index (χ3n) is 2.48. The van der Waals surface area contributed by atoms with Gasteiger partial charge in [-0.2, -0.15) is 0 Å². The third-order valence-corrected chi connectivity index (χ3v) is 3.91. The molecule has 0 unspecified atom stereocenters. The molecule has 0 saturated carbocycles. The molecule has 1 heterocycles. The summed E-state index contributed by atoms with van der Waals surface area (Å²) in [5.41, 5.74) is 6.21. The number of hydrogen-bond acceptors (Lipinski definition) is 5. The first kappa shape index (κ1) is 14.9. The number of nitrogens with zero attached hydrogens (tertiary/aromatic N) is 2. The number of nitrogens with two attached hydrogens (primary N) is 1. The maximum atomic E-state index is 11.9. The zero-order valence-electron chi connectivity index (χ0n) is 11.0. The Kier molecular flexibility index (Phi) is 5.06. The van der Waals surface area contributed by atoms with Gasteiger partial charge in [-0.25, -0.2) is 18.1 Å². The topological polar surface area (TPSA) is 88.3 Å². The van der Waals surface area contributed by atoms with Gasteiger partial charge in [0.15, 0.2) is 0 Å². The quantitative estimate of drug-likeness (QED) is 0.722. The van der Waals surface area contributed by atoms with E-state index >= 15 is 0 Å². The smallest absolute Gasteiger partial charge is 0.242 e. The Morgan fingerprint density at radius 3 is 2.67 bits per heavy atom. The van der Waals surface area contributed by atoms with E-state index in [0.29, 0.717) is 17.9 Å². The van der Waals surface area contributed by atoms with Crippen molar-refractivity contribution in [1.29, 1.82) is 0 Å². The lowest BCUT2D eigenvalue weighted by Crippen LogP contribution is -2.27. The number of anilines is 1. The van der Waals surface area contributed by atoms with Crippen molar-refractivity contribution in [1.82, 2.24) is 14.6 Å². The van der Waals surface area contributed by atoms with Gasteiger partial charge < -0.3 is 10.6 Å². The van der Waals surface area contributed by atoms with Gasteiger partial charge in [0, 0.05) is 12.7 Å². The van der Waals surface area contributed by atoms with Gasteiger partial charge in [-0.05, 0) is 45.6 Å². The van der Waals surface area contributed by atoms with E-state index in [1.165, 1.54) is 12.3 Å². The van der Waals surface area contributed by atoms with E-state index < -0.39 is 10.0 Å². The van der Waals surface area contributed by atoms with Crippen molar-refractivity contribution in [3.05, 3.63) is 17.8 Å². The molecule has 3 N–H and O–H groups in total. The highest BCUT2D eigenvalue weighted by atomic mass is 32.2. The Morgan fingerprint density at radius 1 is 1.44 bits per heavy atom. The lowest BCUT2D eigenvalue weighted by Gasteiger charge is -2.10. The Labute approximate surface area is 108 Å². The number of sulfonamides is 1. The van der Waals surface area contributed by atoms with Crippen LogP contribution < -0.4 is 10.5 Å². The lowest BCUT2D eigenvalue weighted by molar-refractivity contribution is 0.400. The van der Waals surface area contributed by atoms with Crippen molar-refractivity contribution >= 4 is 15.8 Å². The number of hydrogen-bond donors (Lipinski definition) is 2. The summed E-state index contributed by atoms with van der Waals surface area (Å²) in [4.78, 5) is 6.01. The molecule has 0 radical (unpaired) electrons. The maximum Gasteiger partial charge on any atom is 0.242 e. The van der Waals surface area contributed by atoms with E-state index in [4.69, 9.17) is 5.73 Å². The summed E-state index contributed by atoms with van der Waals surface area (Å²) in [5, 5.41) is 0. The summed E-state index contributed by atoms with van der Waals surface area (Å²) >= 11 is 0. The molecule has 0 saturated heterocycles. The fourth-order valence-corrected chi connectivity index (χ4v) is 2.49. The van der Waals surface area contributed by atoms with E-state index in [1.54, 1.807) is 6.92 Å². The summed E-state index contributed by atoms with van der Waals surface area (Å²) in [5.74, 6) is 0.349. The molecule has 102 valence electrons. The number of nitrogens with one attached hydrogen (secondary N) is 1. The van der Waals surface area contributed by atoms with Crippen LogP contribution in [-0.2, 0) is 10.0 Å². The average molecular weight is 272 g/mol. The molecular formula is C11H20N4O2S. The van der Waals surface area contributed by atoms with Gasteiger partial charge in [-0.1, -0.05) is 0 Å². The number of aromatic nitrogens is 1. The Bertz CT molecular complexity index is 500. The fourth-order valence-electron chi connectivity index (χ4n) is 1.39. The van der Waals surface area contributed by atoms with Crippen molar-refractivity contribution in [2.45, 2.75) is 18.2 Å². The summed E-state index contributed by atoms with van der Waals surface area (Å²) in [7, 11) is 0.408. The van der Waals surface area contributed by atoms with Gasteiger partial charge in [-0.3, -0.25) is 0 Å². The van der Waals surface area contributed by atoms with E-state index in [0.717, 1.165) is 13.0 Å². The number of nitrogen functional groups attached to an aromatic ring is 1. The van der Waals surface area contributed by atoms with Crippen LogP contribution in [0.2, 0.25) is 0 Å². The maximum absolute atomic E-state index is 11.9. The van der Waals surface area contributed by atoms with Gasteiger partial charge in [0.1, 0.15) is 10.7 Å². The van der Waals surface area contributed by atoms with Gasteiger partial charge in [0.25, 0.3) is 0 Å². The standard InChI is InChI=1S/C11H20N4O2S/c1-9-7-10(8-13-11(9)12)18(16,17)14-5-4-6-15(2)3/h7-8,14H,4-6H2,1-3H3,(H2,12,13). The molecule has 1 rings (SSSR count). The SMILES string of the molecule is Cc1cc(S(=O)(=O)NCCCN(C)C)cnc1N. The predicted octanol–water partition coefficient (Wildman–Crippen LogP) is 0.202. The first-order valence-electron chi connectivity index (χ1n) is 5.69. The second-order valence-corrected chi connectivity index (χ2v) is 6.19. The van der Waals surface area contributed by atoms with Crippen LogP contribution in [-0.4, -0.2) is 45.5 Å². The van der Waals surface area contributed by atoms with Crippen LogP contribution >= 0.6 is 0 Å². The predicted molar refractivity (Wildman–Crippen MR) is 71.7 cm³/mol. The highest BCUT2D eigenvalue weighted by molar-refractivity contribution is 7.89. The Morgan fingerprint density at radius 2 is 2.11 bits per heavy atom. The molecule has 1 aromatic heterocycles. The number of pyridine rings is 1. The van der Waals surface area contributed by atoms with Crippen molar-refractivity contribution in [2.75, 3.05) is 32.9 Å². The molecule has 0 aliphatic rings. The van der Waals surface area contributed by atoms with Crippen LogP contribution in [0.15, 0.2) is 17.2 Å². The van der Waals surface area contributed by atoms with Gasteiger partial charge in [0.05, 0.1) is 0 Å². The number of rotatable bonds is 6. The molecule has 0 aliphatic carbocycles. The Hall–Kier alpha value is -1.18. The van der Waals surface area contributed by atoms with E-state index in [2.05, 4.69) is 9.71 Å². The summed E-state index contributed by atoms with van der Waals surface area (Å²) in [6, 6.07) is 1.52. The summed E-state index contributed by atoms with van der Waals surface area (Å²) in [6.07, 6.45) is 2.03. The second kappa shape index (κ2) is 6.12. The van der Waals surface area contributed by atoms with Crippen molar-refractivity contribution in [3.63, 3.8) is 0 Å². The average Bonchev–Trinajstić information content (AvgIpc) is 2.28. The first-order chi connectivity index (χ1) is 8.33. The van der Waals surface area contributed by atoms with Crippen molar-refractivity contribution < 1.29 is 8.42 Å². The molecule has 0 bridgehead atoms. The molecule has 6 nitrogen and oxygen atoms in total. The summed E-state index contributed by atoms with van der Waals surface area (Å²) in [6.45, 7) is 2.97. The molecule has 0 fully saturated rings. The van der Waals surface area contributed by atoms with Crippen LogP contribution in [0.1, 0.15) is 12.0 Å². The van der Waals surface area contributed by atoms with Crippen LogP contribution in [0, 0.1) is 6.92 Å². The molecule has 7 heteroatoms.